The van der Waals surface area contributed by atoms with Crippen molar-refractivity contribution < 1.29 is 0 Å². The highest BCUT2D eigenvalue weighted by atomic mass is 14.1. The van der Waals surface area contributed by atoms with Crippen LogP contribution in [0.1, 0.15) is 50.5 Å². The summed E-state index contributed by atoms with van der Waals surface area (Å²) < 4.78 is 0. The van der Waals surface area contributed by atoms with Crippen molar-refractivity contribution in [3.05, 3.63) is 47.5 Å². The molecule has 1 aromatic carbocycles. The lowest BCUT2D eigenvalue weighted by Crippen LogP contribution is -1.93. The molecule has 0 nitrogen and oxygen atoms in total. The van der Waals surface area contributed by atoms with Gasteiger partial charge in [0.2, 0.25) is 0 Å². The topological polar surface area (TPSA) is 0 Å². The Morgan fingerprint density at radius 1 is 0.812 bits per heavy atom. The Hall–Kier alpha value is -1.04. The molecule has 0 heteroatoms. The summed E-state index contributed by atoms with van der Waals surface area (Å²) in [5.41, 5.74) is 3.18. The van der Waals surface area contributed by atoms with Gasteiger partial charge in [-0.15, -0.1) is 0 Å². The summed E-state index contributed by atoms with van der Waals surface area (Å²) in [4.78, 5) is 0. The van der Waals surface area contributed by atoms with Gasteiger partial charge in [-0.2, -0.15) is 0 Å². The molecule has 0 amide bonds. The Morgan fingerprint density at radius 2 is 1.62 bits per heavy atom. The number of rotatable bonds is 3. The molecule has 0 N–H and O–H groups in total. The van der Waals surface area contributed by atoms with Crippen LogP contribution in [0.3, 0.4) is 0 Å². The largest absolute Gasteiger partial charge is 0.0853 e. The van der Waals surface area contributed by atoms with Crippen LogP contribution in [0.4, 0.5) is 0 Å². The van der Waals surface area contributed by atoms with Crippen molar-refractivity contribution in [1.82, 2.24) is 0 Å². The van der Waals surface area contributed by atoms with Gasteiger partial charge in [0.25, 0.3) is 0 Å². The highest BCUT2D eigenvalue weighted by Gasteiger charge is 2.02. The van der Waals surface area contributed by atoms with Gasteiger partial charge in [-0.25, -0.2) is 0 Å². The van der Waals surface area contributed by atoms with Crippen LogP contribution in [0, 0.1) is 0 Å². The SMILES string of the molecule is C1=C(/CCc2ccccc2)CCCCCC/1. The zero-order valence-corrected chi connectivity index (χ0v) is 10.1. The van der Waals surface area contributed by atoms with Gasteiger partial charge in [-0.05, 0) is 44.1 Å². The van der Waals surface area contributed by atoms with E-state index in [-0.39, 0.29) is 0 Å². The average Bonchev–Trinajstić information content (AvgIpc) is 2.29. The van der Waals surface area contributed by atoms with Crippen molar-refractivity contribution in [2.24, 2.45) is 0 Å². The van der Waals surface area contributed by atoms with E-state index in [0.717, 1.165) is 0 Å². The predicted octanol–water partition coefficient (Wildman–Crippen LogP) is 4.90. The van der Waals surface area contributed by atoms with Crippen molar-refractivity contribution in [3.8, 4) is 0 Å². The summed E-state index contributed by atoms with van der Waals surface area (Å²) in [6.45, 7) is 0. The molecule has 0 bridgehead atoms. The van der Waals surface area contributed by atoms with Gasteiger partial charge in [0, 0.05) is 0 Å². The minimum absolute atomic E-state index is 1.21. The number of benzene rings is 1. The molecule has 0 aromatic heterocycles. The Morgan fingerprint density at radius 3 is 2.50 bits per heavy atom. The summed E-state index contributed by atoms with van der Waals surface area (Å²) in [5.74, 6) is 0. The highest BCUT2D eigenvalue weighted by Crippen LogP contribution is 2.20. The third-order valence-electron chi connectivity index (χ3n) is 3.46. The molecule has 0 fully saturated rings. The molecule has 16 heavy (non-hydrogen) atoms. The Balaban J connectivity index is 1.84. The van der Waals surface area contributed by atoms with Gasteiger partial charge in [-0.1, -0.05) is 54.8 Å². The molecule has 0 radical (unpaired) electrons. The fraction of sp³-hybridized carbons (Fsp3) is 0.500. The highest BCUT2D eigenvalue weighted by molar-refractivity contribution is 5.16. The number of allylic oxidation sites excluding steroid dienone is 2. The lowest BCUT2D eigenvalue weighted by Gasteiger charge is -2.11. The van der Waals surface area contributed by atoms with Crippen LogP contribution >= 0.6 is 0 Å². The third kappa shape index (κ3) is 3.84. The predicted molar refractivity (Wildman–Crippen MR) is 70.5 cm³/mol. The summed E-state index contributed by atoms with van der Waals surface area (Å²) in [5, 5.41) is 0. The third-order valence-corrected chi connectivity index (χ3v) is 3.46. The number of hydrogen-bond acceptors (Lipinski definition) is 0. The van der Waals surface area contributed by atoms with E-state index < -0.39 is 0 Å². The van der Waals surface area contributed by atoms with E-state index in [1.165, 1.54) is 56.9 Å². The molecule has 0 unspecified atom stereocenters. The molecule has 0 saturated heterocycles. The van der Waals surface area contributed by atoms with Gasteiger partial charge in [0.1, 0.15) is 0 Å². The van der Waals surface area contributed by atoms with Crippen molar-refractivity contribution in [2.45, 2.75) is 51.4 Å². The molecule has 0 spiro atoms. The lowest BCUT2D eigenvalue weighted by molar-refractivity contribution is 0.614. The monoisotopic (exact) mass is 214 g/mol. The minimum Gasteiger partial charge on any atom is -0.0853 e. The van der Waals surface area contributed by atoms with Crippen LogP contribution in [0.2, 0.25) is 0 Å². The standard InChI is InChI=1S/C16H22/c1-2-5-9-15(10-6-3-1)13-14-16-11-7-4-8-12-16/h4,7-9,11-12H,1-3,5-6,10,13-14H2/b15-9+. The summed E-state index contributed by atoms with van der Waals surface area (Å²) in [7, 11) is 0. The maximum absolute atomic E-state index is 2.50. The minimum atomic E-state index is 1.21. The molecule has 2 rings (SSSR count). The van der Waals surface area contributed by atoms with Crippen LogP contribution in [0.5, 0.6) is 0 Å². The molecule has 0 heterocycles. The summed E-state index contributed by atoms with van der Waals surface area (Å²) in [6, 6.07) is 10.9. The fourth-order valence-corrected chi connectivity index (χ4v) is 2.43. The van der Waals surface area contributed by atoms with Gasteiger partial charge >= 0.3 is 0 Å². The molecule has 1 aliphatic carbocycles. The van der Waals surface area contributed by atoms with Crippen LogP contribution < -0.4 is 0 Å². The van der Waals surface area contributed by atoms with E-state index in [1.54, 1.807) is 5.57 Å². The molecule has 0 atom stereocenters. The second-order valence-corrected chi connectivity index (χ2v) is 4.80. The molecular weight excluding hydrogens is 192 g/mol. The lowest BCUT2D eigenvalue weighted by atomic mass is 9.95. The average molecular weight is 214 g/mol. The van der Waals surface area contributed by atoms with E-state index in [2.05, 4.69) is 36.4 Å². The van der Waals surface area contributed by atoms with E-state index in [1.807, 2.05) is 0 Å². The normalized spacial score (nSPS) is 20.6. The number of aryl methyl sites for hydroxylation is 1. The van der Waals surface area contributed by atoms with Crippen molar-refractivity contribution in [3.63, 3.8) is 0 Å². The molecule has 1 aliphatic rings. The zero-order valence-electron chi connectivity index (χ0n) is 10.1. The summed E-state index contributed by atoms with van der Waals surface area (Å²) in [6.07, 6.45) is 13.3. The van der Waals surface area contributed by atoms with Crippen LogP contribution in [0.25, 0.3) is 0 Å². The Bertz CT molecular complexity index is 321. The van der Waals surface area contributed by atoms with E-state index >= 15 is 0 Å². The van der Waals surface area contributed by atoms with Crippen LogP contribution in [-0.2, 0) is 6.42 Å². The summed E-state index contributed by atoms with van der Waals surface area (Å²) >= 11 is 0. The molecule has 1 aromatic rings. The van der Waals surface area contributed by atoms with E-state index in [0.29, 0.717) is 0 Å². The van der Waals surface area contributed by atoms with Crippen molar-refractivity contribution in [1.29, 1.82) is 0 Å². The quantitative estimate of drug-likeness (QED) is 0.628. The first-order valence-electron chi connectivity index (χ1n) is 6.67. The first-order valence-corrected chi connectivity index (χ1v) is 6.67. The van der Waals surface area contributed by atoms with Gasteiger partial charge in [0.05, 0.1) is 0 Å². The van der Waals surface area contributed by atoms with Crippen molar-refractivity contribution in [2.75, 3.05) is 0 Å². The maximum atomic E-state index is 2.50. The van der Waals surface area contributed by atoms with E-state index in [4.69, 9.17) is 0 Å². The van der Waals surface area contributed by atoms with Crippen molar-refractivity contribution >= 4 is 0 Å². The zero-order chi connectivity index (χ0) is 11.1. The Labute approximate surface area is 99.4 Å². The maximum Gasteiger partial charge on any atom is -0.0241 e. The first kappa shape index (κ1) is 11.4. The van der Waals surface area contributed by atoms with Crippen LogP contribution in [-0.4, -0.2) is 0 Å². The second-order valence-electron chi connectivity index (χ2n) is 4.80. The first-order chi connectivity index (χ1) is 7.95. The van der Waals surface area contributed by atoms with Crippen LogP contribution in [0.15, 0.2) is 42.0 Å². The van der Waals surface area contributed by atoms with Gasteiger partial charge in [0.15, 0.2) is 0 Å². The van der Waals surface area contributed by atoms with E-state index in [9.17, 15) is 0 Å². The molecule has 0 aliphatic heterocycles. The smallest absolute Gasteiger partial charge is 0.0241 e. The Kier molecular flexibility index (Phi) is 4.67. The molecule has 0 saturated carbocycles. The van der Waals surface area contributed by atoms with Gasteiger partial charge in [-0.3, -0.25) is 0 Å². The molecule has 86 valence electrons. The molecular formula is C16H22. The van der Waals surface area contributed by atoms with Gasteiger partial charge < -0.3 is 0 Å². The second kappa shape index (κ2) is 6.52. The fourth-order valence-electron chi connectivity index (χ4n) is 2.43. The number of hydrogen-bond donors (Lipinski definition) is 0.